The molecule has 1 N–H and O–H groups in total. The SMILES string of the molecule is C=CC[C@@H](NCc1ccccc1)C(=O)CC. The Morgan fingerprint density at radius 2 is 2.12 bits per heavy atom. The van der Waals surface area contributed by atoms with Gasteiger partial charge in [-0.2, -0.15) is 0 Å². The van der Waals surface area contributed by atoms with Crippen molar-refractivity contribution in [2.75, 3.05) is 0 Å². The van der Waals surface area contributed by atoms with Gasteiger partial charge in [-0.15, -0.1) is 6.58 Å². The van der Waals surface area contributed by atoms with Crippen molar-refractivity contribution in [1.29, 1.82) is 0 Å². The molecule has 0 heterocycles. The largest absolute Gasteiger partial charge is 0.303 e. The Bertz CT molecular complexity index is 332. The van der Waals surface area contributed by atoms with Gasteiger partial charge in [-0.1, -0.05) is 43.3 Å². The highest BCUT2D eigenvalue weighted by Gasteiger charge is 2.13. The third-order valence-electron chi connectivity index (χ3n) is 2.53. The third kappa shape index (κ3) is 3.99. The highest BCUT2D eigenvalue weighted by molar-refractivity contribution is 5.83. The molecule has 0 aromatic heterocycles. The molecule has 2 nitrogen and oxygen atoms in total. The third-order valence-corrected chi connectivity index (χ3v) is 2.53. The molecule has 0 fully saturated rings. The molecule has 0 aliphatic carbocycles. The van der Waals surface area contributed by atoms with Crippen molar-refractivity contribution >= 4 is 5.78 Å². The molecule has 16 heavy (non-hydrogen) atoms. The molecule has 1 aromatic rings. The summed E-state index contributed by atoms with van der Waals surface area (Å²) in [5, 5.41) is 3.27. The monoisotopic (exact) mass is 217 g/mol. The van der Waals surface area contributed by atoms with Crippen LogP contribution in [0, 0.1) is 0 Å². The lowest BCUT2D eigenvalue weighted by Gasteiger charge is -2.15. The Morgan fingerprint density at radius 1 is 1.44 bits per heavy atom. The standard InChI is InChI=1S/C14H19NO/c1-3-8-13(14(16)4-2)15-11-12-9-6-5-7-10-12/h3,5-7,9-10,13,15H,1,4,8,11H2,2H3/t13-/m1/s1. The molecule has 0 amide bonds. The zero-order valence-electron chi connectivity index (χ0n) is 9.78. The molecule has 0 unspecified atom stereocenters. The van der Waals surface area contributed by atoms with E-state index >= 15 is 0 Å². The molecule has 0 aliphatic rings. The van der Waals surface area contributed by atoms with Crippen LogP contribution in [0.5, 0.6) is 0 Å². The molecular weight excluding hydrogens is 198 g/mol. The van der Waals surface area contributed by atoms with E-state index in [2.05, 4.69) is 11.9 Å². The van der Waals surface area contributed by atoms with Crippen LogP contribution in [0.4, 0.5) is 0 Å². The second-order valence-corrected chi connectivity index (χ2v) is 3.76. The van der Waals surface area contributed by atoms with Gasteiger partial charge < -0.3 is 5.32 Å². The number of carbonyl (C=O) groups excluding carboxylic acids is 1. The summed E-state index contributed by atoms with van der Waals surface area (Å²) in [6, 6.07) is 10.00. The second-order valence-electron chi connectivity index (χ2n) is 3.76. The minimum Gasteiger partial charge on any atom is -0.303 e. The van der Waals surface area contributed by atoms with Crippen molar-refractivity contribution < 1.29 is 4.79 Å². The molecule has 0 radical (unpaired) electrons. The van der Waals surface area contributed by atoms with Gasteiger partial charge in [0.05, 0.1) is 6.04 Å². The summed E-state index contributed by atoms with van der Waals surface area (Å²) in [6.07, 6.45) is 3.05. The van der Waals surface area contributed by atoms with Crippen LogP contribution >= 0.6 is 0 Å². The van der Waals surface area contributed by atoms with Gasteiger partial charge in [0.15, 0.2) is 0 Å². The van der Waals surface area contributed by atoms with Crippen LogP contribution < -0.4 is 5.32 Å². The topological polar surface area (TPSA) is 29.1 Å². The number of Topliss-reactive ketones (excluding diaryl/α,β-unsaturated/α-hetero) is 1. The van der Waals surface area contributed by atoms with Gasteiger partial charge in [-0.3, -0.25) is 4.79 Å². The fourth-order valence-electron chi connectivity index (χ4n) is 1.58. The van der Waals surface area contributed by atoms with E-state index in [9.17, 15) is 4.79 Å². The van der Waals surface area contributed by atoms with E-state index in [1.807, 2.05) is 37.3 Å². The molecule has 0 bridgehead atoms. The maximum atomic E-state index is 11.6. The van der Waals surface area contributed by atoms with E-state index in [0.717, 1.165) is 6.54 Å². The number of ketones is 1. The van der Waals surface area contributed by atoms with Gasteiger partial charge in [0.25, 0.3) is 0 Å². The number of hydrogen-bond donors (Lipinski definition) is 1. The second kappa shape index (κ2) is 6.96. The number of benzene rings is 1. The molecule has 0 aliphatic heterocycles. The molecule has 2 heteroatoms. The minimum atomic E-state index is -0.0947. The summed E-state index contributed by atoms with van der Waals surface area (Å²) in [6.45, 7) is 6.30. The zero-order chi connectivity index (χ0) is 11.8. The summed E-state index contributed by atoms with van der Waals surface area (Å²) in [5.41, 5.74) is 1.19. The molecular formula is C14H19NO. The predicted octanol–water partition coefficient (Wildman–Crippen LogP) is 2.70. The first-order valence-corrected chi connectivity index (χ1v) is 5.68. The highest BCUT2D eigenvalue weighted by Crippen LogP contribution is 2.02. The van der Waals surface area contributed by atoms with Crippen molar-refractivity contribution in [2.24, 2.45) is 0 Å². The number of nitrogens with one attached hydrogen (secondary N) is 1. The summed E-state index contributed by atoms with van der Waals surface area (Å²) in [5.74, 6) is 0.246. The van der Waals surface area contributed by atoms with Crippen molar-refractivity contribution in [1.82, 2.24) is 5.32 Å². The van der Waals surface area contributed by atoms with Crippen molar-refractivity contribution in [3.8, 4) is 0 Å². The Kier molecular flexibility index (Phi) is 5.51. The molecule has 1 rings (SSSR count). The Balaban J connectivity index is 2.50. The van der Waals surface area contributed by atoms with E-state index in [-0.39, 0.29) is 11.8 Å². The van der Waals surface area contributed by atoms with E-state index in [1.165, 1.54) is 5.56 Å². The van der Waals surface area contributed by atoms with Crippen molar-refractivity contribution in [2.45, 2.75) is 32.4 Å². The predicted molar refractivity (Wildman–Crippen MR) is 67.2 cm³/mol. The summed E-state index contributed by atoms with van der Waals surface area (Å²) in [4.78, 5) is 11.6. The Hall–Kier alpha value is -1.41. The zero-order valence-corrected chi connectivity index (χ0v) is 9.78. The maximum absolute atomic E-state index is 11.6. The lowest BCUT2D eigenvalue weighted by atomic mass is 10.1. The summed E-state index contributed by atoms with van der Waals surface area (Å²) in [7, 11) is 0. The van der Waals surface area contributed by atoms with Crippen LogP contribution in [0.25, 0.3) is 0 Å². The lowest BCUT2D eigenvalue weighted by Crippen LogP contribution is -2.35. The first-order chi connectivity index (χ1) is 7.77. The fraction of sp³-hybridized carbons (Fsp3) is 0.357. The molecule has 86 valence electrons. The van der Waals surface area contributed by atoms with Gasteiger partial charge in [0, 0.05) is 13.0 Å². The van der Waals surface area contributed by atoms with Crippen LogP contribution in [0.15, 0.2) is 43.0 Å². The first-order valence-electron chi connectivity index (χ1n) is 5.68. The average molecular weight is 217 g/mol. The lowest BCUT2D eigenvalue weighted by molar-refractivity contribution is -0.120. The van der Waals surface area contributed by atoms with Crippen LogP contribution in [-0.2, 0) is 11.3 Å². The van der Waals surface area contributed by atoms with Crippen LogP contribution in [-0.4, -0.2) is 11.8 Å². The van der Waals surface area contributed by atoms with Crippen molar-refractivity contribution in [3.63, 3.8) is 0 Å². The summed E-state index contributed by atoms with van der Waals surface area (Å²) < 4.78 is 0. The molecule has 1 atom stereocenters. The van der Waals surface area contributed by atoms with Gasteiger partial charge >= 0.3 is 0 Å². The number of carbonyl (C=O) groups is 1. The molecule has 0 spiro atoms. The normalized spacial score (nSPS) is 12.1. The van der Waals surface area contributed by atoms with E-state index in [4.69, 9.17) is 0 Å². The van der Waals surface area contributed by atoms with Crippen LogP contribution in [0.3, 0.4) is 0 Å². The van der Waals surface area contributed by atoms with Crippen molar-refractivity contribution in [3.05, 3.63) is 48.6 Å². The van der Waals surface area contributed by atoms with Gasteiger partial charge in [-0.05, 0) is 12.0 Å². The molecule has 1 aromatic carbocycles. The number of rotatable bonds is 7. The first kappa shape index (κ1) is 12.7. The van der Waals surface area contributed by atoms with E-state index in [0.29, 0.717) is 12.8 Å². The summed E-state index contributed by atoms with van der Waals surface area (Å²) >= 11 is 0. The van der Waals surface area contributed by atoms with Gasteiger partial charge in [0.1, 0.15) is 5.78 Å². The van der Waals surface area contributed by atoms with Crippen LogP contribution in [0.1, 0.15) is 25.3 Å². The Labute approximate surface area is 97.4 Å². The Morgan fingerprint density at radius 3 is 2.69 bits per heavy atom. The smallest absolute Gasteiger partial charge is 0.149 e. The van der Waals surface area contributed by atoms with Crippen LogP contribution in [0.2, 0.25) is 0 Å². The molecule has 0 saturated heterocycles. The maximum Gasteiger partial charge on any atom is 0.149 e. The highest BCUT2D eigenvalue weighted by atomic mass is 16.1. The van der Waals surface area contributed by atoms with Gasteiger partial charge in [-0.25, -0.2) is 0 Å². The minimum absolute atomic E-state index is 0.0947. The van der Waals surface area contributed by atoms with E-state index < -0.39 is 0 Å². The van der Waals surface area contributed by atoms with E-state index in [1.54, 1.807) is 6.08 Å². The van der Waals surface area contributed by atoms with Gasteiger partial charge in [0.2, 0.25) is 0 Å². The number of hydrogen-bond acceptors (Lipinski definition) is 2. The quantitative estimate of drug-likeness (QED) is 0.711. The average Bonchev–Trinajstić information content (AvgIpc) is 2.34. The fourth-order valence-corrected chi connectivity index (χ4v) is 1.58. The molecule has 0 saturated carbocycles.